The lowest BCUT2D eigenvalue weighted by molar-refractivity contribution is -0.143. The van der Waals surface area contributed by atoms with Gasteiger partial charge in [0.25, 0.3) is 5.91 Å². The van der Waals surface area contributed by atoms with Gasteiger partial charge in [0.05, 0.1) is 21.7 Å². The van der Waals surface area contributed by atoms with Gasteiger partial charge in [-0.15, -0.1) is 0 Å². The van der Waals surface area contributed by atoms with E-state index in [1.807, 2.05) is 13.0 Å². The third-order valence-electron chi connectivity index (χ3n) is 5.62. The molecule has 1 aliphatic heterocycles. The van der Waals surface area contributed by atoms with Gasteiger partial charge in [-0.05, 0) is 68.7 Å². The molecule has 2 heterocycles. The number of fused-ring (bicyclic) bond motifs is 1. The fourth-order valence-electron chi connectivity index (χ4n) is 3.88. The summed E-state index contributed by atoms with van der Waals surface area (Å²) >= 11 is 7.55. The van der Waals surface area contributed by atoms with Crippen LogP contribution in [0.5, 0.6) is 0 Å². The van der Waals surface area contributed by atoms with Gasteiger partial charge in [0, 0.05) is 23.7 Å². The average molecular weight is 522 g/mol. The monoisotopic (exact) mass is 521 g/mol. The van der Waals surface area contributed by atoms with Crippen LogP contribution in [0.2, 0.25) is 5.02 Å². The number of carbonyl (C=O) groups is 2. The van der Waals surface area contributed by atoms with E-state index in [0.717, 1.165) is 23.1 Å². The molecule has 4 rings (SSSR count). The molecule has 11 heteroatoms. The van der Waals surface area contributed by atoms with Crippen LogP contribution >= 0.6 is 22.9 Å². The van der Waals surface area contributed by atoms with Gasteiger partial charge in [0.2, 0.25) is 10.0 Å². The molecule has 0 atom stereocenters. The van der Waals surface area contributed by atoms with Crippen LogP contribution in [-0.2, 0) is 26.1 Å². The van der Waals surface area contributed by atoms with Gasteiger partial charge in [-0.1, -0.05) is 22.9 Å². The maximum atomic E-state index is 12.9. The van der Waals surface area contributed by atoms with E-state index in [-0.39, 0.29) is 23.6 Å². The zero-order valence-corrected chi connectivity index (χ0v) is 21.2. The Bertz CT molecular complexity index is 1420. The van der Waals surface area contributed by atoms with E-state index < -0.39 is 21.9 Å². The summed E-state index contributed by atoms with van der Waals surface area (Å²) in [6.07, 6.45) is 1.70. The molecule has 0 bridgehead atoms. The molecule has 34 heavy (non-hydrogen) atoms. The van der Waals surface area contributed by atoms with E-state index in [4.69, 9.17) is 16.3 Å². The Morgan fingerprint density at radius 3 is 2.44 bits per heavy atom. The quantitative estimate of drug-likeness (QED) is 0.460. The predicted octanol–water partition coefficient (Wildman–Crippen LogP) is 3.75. The number of hydrogen-bond donors (Lipinski definition) is 0. The number of nitrogens with zero attached hydrogens (tertiary/aromatic N) is 3. The molecular formula is C23H24ClN3O5S2. The lowest BCUT2D eigenvalue weighted by atomic mass is 10.2. The Kier molecular flexibility index (Phi) is 7.22. The highest BCUT2D eigenvalue weighted by Gasteiger charge is 2.27. The first-order valence-electron chi connectivity index (χ1n) is 10.9. The standard InChI is InChI=1S/C23H24ClN3O5S2/c1-3-32-20(28)14-27-21-15(2)18(24)10-11-19(21)33-23(27)25-22(29)16-6-8-17(9-7-16)34(30,31)26-12-4-5-13-26/h6-11H,3-5,12-14H2,1-2H3. The summed E-state index contributed by atoms with van der Waals surface area (Å²) in [5.74, 6) is -0.995. The van der Waals surface area contributed by atoms with E-state index in [0.29, 0.717) is 28.4 Å². The molecule has 0 spiro atoms. The summed E-state index contributed by atoms with van der Waals surface area (Å²) in [6.45, 7) is 4.69. The Morgan fingerprint density at radius 1 is 1.12 bits per heavy atom. The maximum Gasteiger partial charge on any atom is 0.326 e. The predicted molar refractivity (Wildman–Crippen MR) is 131 cm³/mol. The minimum Gasteiger partial charge on any atom is -0.465 e. The second-order valence-electron chi connectivity index (χ2n) is 7.85. The molecule has 8 nitrogen and oxygen atoms in total. The number of rotatable bonds is 6. The number of amides is 1. The summed E-state index contributed by atoms with van der Waals surface area (Å²) in [5, 5.41) is 0.538. The lowest BCUT2D eigenvalue weighted by Crippen LogP contribution is -2.27. The number of ether oxygens (including phenoxy) is 1. The van der Waals surface area contributed by atoms with Crippen LogP contribution in [0.4, 0.5) is 0 Å². The summed E-state index contributed by atoms with van der Waals surface area (Å²) in [5.41, 5.74) is 1.73. The number of esters is 1. The first-order valence-corrected chi connectivity index (χ1v) is 13.5. The second-order valence-corrected chi connectivity index (χ2v) is 11.2. The highest BCUT2D eigenvalue weighted by atomic mass is 35.5. The third-order valence-corrected chi connectivity index (χ3v) is 8.99. The second kappa shape index (κ2) is 9.99. The molecule has 0 unspecified atom stereocenters. The number of sulfonamides is 1. The van der Waals surface area contributed by atoms with Crippen LogP contribution < -0.4 is 4.80 Å². The van der Waals surface area contributed by atoms with E-state index in [9.17, 15) is 18.0 Å². The van der Waals surface area contributed by atoms with Gasteiger partial charge in [-0.2, -0.15) is 9.30 Å². The normalized spacial score (nSPS) is 15.2. The van der Waals surface area contributed by atoms with Gasteiger partial charge < -0.3 is 9.30 Å². The summed E-state index contributed by atoms with van der Waals surface area (Å²) in [7, 11) is -3.57. The molecule has 180 valence electrons. The molecular weight excluding hydrogens is 498 g/mol. The largest absolute Gasteiger partial charge is 0.465 e. The minimum atomic E-state index is -3.57. The Morgan fingerprint density at radius 2 is 1.79 bits per heavy atom. The summed E-state index contributed by atoms with van der Waals surface area (Å²) in [6, 6.07) is 9.35. The van der Waals surface area contributed by atoms with Crippen LogP contribution in [-0.4, -0.2) is 48.9 Å². The van der Waals surface area contributed by atoms with E-state index in [1.165, 1.54) is 39.9 Å². The van der Waals surface area contributed by atoms with E-state index in [2.05, 4.69) is 4.99 Å². The van der Waals surface area contributed by atoms with Gasteiger partial charge in [-0.3, -0.25) is 9.59 Å². The van der Waals surface area contributed by atoms with Crippen molar-refractivity contribution in [3.8, 4) is 0 Å². The number of thiazole rings is 1. The van der Waals surface area contributed by atoms with Crippen molar-refractivity contribution >= 4 is 55.1 Å². The molecule has 1 aliphatic rings. The average Bonchev–Trinajstić information content (AvgIpc) is 3.46. The van der Waals surface area contributed by atoms with Crippen LogP contribution in [0, 0.1) is 6.92 Å². The highest BCUT2D eigenvalue weighted by Crippen LogP contribution is 2.27. The van der Waals surface area contributed by atoms with Crippen molar-refractivity contribution in [2.45, 2.75) is 38.1 Å². The number of halogens is 1. The molecule has 1 amide bonds. The molecule has 2 aromatic carbocycles. The smallest absolute Gasteiger partial charge is 0.326 e. The summed E-state index contributed by atoms with van der Waals surface area (Å²) in [4.78, 5) is 29.9. The number of carbonyl (C=O) groups excluding carboxylic acids is 2. The maximum absolute atomic E-state index is 12.9. The zero-order valence-electron chi connectivity index (χ0n) is 18.8. The van der Waals surface area contributed by atoms with Gasteiger partial charge in [0.1, 0.15) is 6.54 Å². The molecule has 1 saturated heterocycles. The van der Waals surface area contributed by atoms with Crippen LogP contribution in [0.1, 0.15) is 35.7 Å². The van der Waals surface area contributed by atoms with Crippen molar-refractivity contribution in [3.63, 3.8) is 0 Å². The molecule has 3 aromatic rings. The van der Waals surface area contributed by atoms with Crippen LogP contribution in [0.15, 0.2) is 46.3 Å². The molecule has 0 radical (unpaired) electrons. The first-order chi connectivity index (χ1) is 16.2. The topological polar surface area (TPSA) is 98.0 Å². The van der Waals surface area contributed by atoms with Gasteiger partial charge in [-0.25, -0.2) is 8.42 Å². The Balaban J connectivity index is 1.71. The van der Waals surface area contributed by atoms with E-state index >= 15 is 0 Å². The highest BCUT2D eigenvalue weighted by molar-refractivity contribution is 7.89. The van der Waals surface area contributed by atoms with Crippen molar-refractivity contribution in [2.75, 3.05) is 19.7 Å². The van der Waals surface area contributed by atoms with Crippen LogP contribution in [0.3, 0.4) is 0 Å². The fraction of sp³-hybridized carbons (Fsp3) is 0.348. The first kappa shape index (κ1) is 24.6. The van der Waals surface area contributed by atoms with Crippen molar-refractivity contribution < 1.29 is 22.7 Å². The minimum absolute atomic E-state index is 0.117. The molecule has 0 N–H and O–H groups in total. The molecule has 0 saturated carbocycles. The fourth-order valence-corrected chi connectivity index (χ4v) is 6.64. The van der Waals surface area contributed by atoms with Crippen molar-refractivity contribution in [1.82, 2.24) is 8.87 Å². The van der Waals surface area contributed by atoms with Crippen molar-refractivity contribution in [1.29, 1.82) is 0 Å². The number of aromatic nitrogens is 1. The zero-order chi connectivity index (χ0) is 24.5. The van der Waals surface area contributed by atoms with E-state index in [1.54, 1.807) is 17.6 Å². The van der Waals surface area contributed by atoms with Crippen molar-refractivity contribution in [2.24, 2.45) is 4.99 Å². The third kappa shape index (κ3) is 4.81. The Hall–Kier alpha value is -2.53. The lowest BCUT2D eigenvalue weighted by Gasteiger charge is -2.15. The van der Waals surface area contributed by atoms with Crippen molar-refractivity contribution in [3.05, 3.63) is 57.3 Å². The number of hydrogen-bond acceptors (Lipinski definition) is 6. The van der Waals surface area contributed by atoms with Gasteiger partial charge in [0.15, 0.2) is 4.80 Å². The molecule has 1 fully saturated rings. The number of benzene rings is 2. The summed E-state index contributed by atoms with van der Waals surface area (Å²) < 4.78 is 34.5. The molecule has 1 aromatic heterocycles. The number of aryl methyl sites for hydroxylation is 1. The van der Waals surface area contributed by atoms with Crippen LogP contribution in [0.25, 0.3) is 10.2 Å². The SMILES string of the molecule is CCOC(=O)Cn1c(=NC(=O)c2ccc(S(=O)(=O)N3CCCC3)cc2)sc2ccc(Cl)c(C)c21. The molecule has 0 aliphatic carbocycles. The Labute approximate surface area is 206 Å². The van der Waals surface area contributed by atoms with Gasteiger partial charge >= 0.3 is 5.97 Å².